The van der Waals surface area contributed by atoms with Gasteiger partial charge in [-0.3, -0.25) is 18.3 Å². The maximum absolute atomic E-state index is 12.0. The van der Waals surface area contributed by atoms with E-state index in [1.165, 1.54) is 6.92 Å². The predicted octanol–water partition coefficient (Wildman–Crippen LogP) is 3.15. The molecule has 0 radical (unpaired) electrons. The van der Waals surface area contributed by atoms with E-state index in [0.29, 0.717) is 35.2 Å². The quantitative estimate of drug-likeness (QED) is 0.819. The summed E-state index contributed by atoms with van der Waals surface area (Å²) in [6.07, 6.45) is 3.27. The number of anilines is 1. The molecule has 1 aliphatic rings. The van der Waals surface area contributed by atoms with Crippen LogP contribution in [0.2, 0.25) is 5.02 Å². The van der Waals surface area contributed by atoms with Gasteiger partial charge in [0.05, 0.1) is 33.3 Å². The van der Waals surface area contributed by atoms with Gasteiger partial charge in [0, 0.05) is 13.1 Å². The van der Waals surface area contributed by atoms with E-state index in [9.17, 15) is 13.9 Å². The Morgan fingerprint density at radius 1 is 1.50 bits per heavy atom. The van der Waals surface area contributed by atoms with Crippen LogP contribution in [-0.4, -0.2) is 48.4 Å². The SMILES string of the molecule is CC(=O)c1cc(Cl)c2cncn2c1N1CCS(O)(O)C(C)C1. The van der Waals surface area contributed by atoms with Crippen LogP contribution in [0.3, 0.4) is 0 Å². The highest BCUT2D eigenvalue weighted by Gasteiger charge is 2.32. The number of ketones is 1. The summed E-state index contributed by atoms with van der Waals surface area (Å²) in [7, 11) is -2.56. The fraction of sp³-hybridized carbons (Fsp3) is 0.429. The molecule has 2 aromatic heterocycles. The van der Waals surface area contributed by atoms with Gasteiger partial charge in [0.1, 0.15) is 12.1 Å². The number of hydrogen-bond donors (Lipinski definition) is 2. The second-order valence-electron chi connectivity index (χ2n) is 5.61. The Hall–Kier alpha value is -1.28. The normalized spacial score (nSPS) is 22.8. The summed E-state index contributed by atoms with van der Waals surface area (Å²) in [5.74, 6) is 0.924. The zero-order valence-corrected chi connectivity index (χ0v) is 13.9. The minimum atomic E-state index is -2.56. The van der Waals surface area contributed by atoms with Crippen LogP contribution in [0, 0.1) is 0 Å². The zero-order chi connectivity index (χ0) is 16.1. The first-order valence-corrected chi connectivity index (χ1v) is 9.12. The smallest absolute Gasteiger partial charge is 0.163 e. The molecule has 3 heterocycles. The summed E-state index contributed by atoms with van der Waals surface area (Å²) in [6, 6.07) is 1.66. The number of nitrogens with zero attached hydrogens (tertiary/aromatic N) is 3. The van der Waals surface area contributed by atoms with Crippen LogP contribution in [0.1, 0.15) is 24.2 Å². The van der Waals surface area contributed by atoms with Crippen molar-refractivity contribution >= 4 is 39.3 Å². The van der Waals surface area contributed by atoms with Crippen molar-refractivity contribution in [2.24, 2.45) is 0 Å². The number of aromatic nitrogens is 2. The lowest BCUT2D eigenvalue weighted by Crippen LogP contribution is -2.44. The molecule has 0 amide bonds. The molecule has 2 N–H and O–H groups in total. The van der Waals surface area contributed by atoms with Gasteiger partial charge in [0.2, 0.25) is 0 Å². The highest BCUT2D eigenvalue weighted by Crippen LogP contribution is 2.47. The second-order valence-corrected chi connectivity index (χ2v) is 8.67. The van der Waals surface area contributed by atoms with E-state index in [-0.39, 0.29) is 11.0 Å². The molecule has 0 aromatic carbocycles. The average molecular weight is 344 g/mol. The van der Waals surface area contributed by atoms with Gasteiger partial charge in [-0.05, 0) is 19.9 Å². The van der Waals surface area contributed by atoms with Crippen LogP contribution in [0.25, 0.3) is 5.52 Å². The van der Waals surface area contributed by atoms with Gasteiger partial charge in [-0.1, -0.05) is 11.6 Å². The minimum absolute atomic E-state index is 0.0858. The molecule has 3 rings (SSSR count). The van der Waals surface area contributed by atoms with Gasteiger partial charge in [0.15, 0.2) is 5.78 Å². The summed E-state index contributed by atoms with van der Waals surface area (Å²) >= 11 is 6.23. The maximum atomic E-state index is 12.0. The molecule has 6 nitrogen and oxygen atoms in total. The van der Waals surface area contributed by atoms with Crippen LogP contribution < -0.4 is 4.90 Å². The van der Waals surface area contributed by atoms with E-state index in [1.54, 1.807) is 23.0 Å². The van der Waals surface area contributed by atoms with Gasteiger partial charge in [-0.15, -0.1) is 0 Å². The van der Waals surface area contributed by atoms with Gasteiger partial charge >= 0.3 is 0 Å². The number of carbonyl (C=O) groups excluding carboxylic acids is 1. The Bertz CT molecular complexity index is 746. The van der Waals surface area contributed by atoms with Crippen LogP contribution in [0.4, 0.5) is 5.82 Å². The third kappa shape index (κ3) is 2.48. The number of carbonyl (C=O) groups is 1. The van der Waals surface area contributed by atoms with Gasteiger partial charge in [-0.25, -0.2) is 4.98 Å². The van der Waals surface area contributed by atoms with E-state index in [2.05, 4.69) is 4.98 Å². The van der Waals surface area contributed by atoms with Crippen molar-refractivity contribution in [3.05, 3.63) is 29.2 Å². The molecular formula is C14H18ClN3O3S. The number of imidazole rings is 1. The topological polar surface area (TPSA) is 78.1 Å². The number of rotatable bonds is 2. The van der Waals surface area contributed by atoms with Gasteiger partial charge in [0.25, 0.3) is 0 Å². The number of halogens is 1. The molecule has 1 fully saturated rings. The lowest BCUT2D eigenvalue weighted by Gasteiger charge is -2.47. The molecule has 1 atom stereocenters. The van der Waals surface area contributed by atoms with Gasteiger partial charge in [-0.2, -0.15) is 10.6 Å². The average Bonchev–Trinajstić information content (AvgIpc) is 2.92. The van der Waals surface area contributed by atoms with Crippen molar-refractivity contribution < 1.29 is 13.9 Å². The number of Topliss-reactive ketones (excluding diaryl/α,β-unsaturated/α-hetero) is 1. The molecular weight excluding hydrogens is 326 g/mol. The third-order valence-electron chi connectivity index (χ3n) is 4.09. The highest BCUT2D eigenvalue weighted by atomic mass is 35.5. The van der Waals surface area contributed by atoms with Crippen LogP contribution in [0.5, 0.6) is 0 Å². The highest BCUT2D eigenvalue weighted by molar-refractivity contribution is 8.24. The lowest BCUT2D eigenvalue weighted by molar-refractivity contribution is 0.101. The molecule has 0 aliphatic carbocycles. The number of fused-ring (bicyclic) bond motifs is 1. The molecule has 120 valence electrons. The fourth-order valence-electron chi connectivity index (χ4n) is 2.78. The molecule has 1 aliphatic heterocycles. The van der Waals surface area contributed by atoms with E-state index in [0.717, 1.165) is 5.52 Å². The van der Waals surface area contributed by atoms with Crippen molar-refractivity contribution in [3.8, 4) is 0 Å². The summed E-state index contributed by atoms with van der Waals surface area (Å²) in [4.78, 5) is 18.1. The van der Waals surface area contributed by atoms with E-state index in [4.69, 9.17) is 11.6 Å². The van der Waals surface area contributed by atoms with Crippen molar-refractivity contribution in [1.29, 1.82) is 0 Å². The van der Waals surface area contributed by atoms with Crippen molar-refractivity contribution in [2.45, 2.75) is 19.1 Å². The predicted molar refractivity (Wildman–Crippen MR) is 89.6 cm³/mol. The first kappa shape index (κ1) is 15.6. The van der Waals surface area contributed by atoms with Crippen molar-refractivity contribution in [1.82, 2.24) is 9.38 Å². The maximum Gasteiger partial charge on any atom is 0.163 e. The Morgan fingerprint density at radius 2 is 2.23 bits per heavy atom. The second kappa shape index (κ2) is 5.42. The molecule has 1 saturated heterocycles. The molecule has 2 aromatic rings. The summed E-state index contributed by atoms with van der Waals surface area (Å²) < 4.78 is 21.8. The largest absolute Gasteiger partial charge is 0.354 e. The van der Waals surface area contributed by atoms with Crippen molar-refractivity contribution in [2.75, 3.05) is 23.7 Å². The Kier molecular flexibility index (Phi) is 3.84. The Morgan fingerprint density at radius 3 is 2.86 bits per heavy atom. The number of hydrogen-bond acceptors (Lipinski definition) is 5. The molecule has 0 saturated carbocycles. The standard InChI is InChI=1S/C14H18ClN3O3S/c1-9-7-17(3-4-22(9,20)21)14-11(10(2)19)5-12(15)13-6-16-8-18(13)14/h5-6,8-9,20-21H,3-4,7H2,1-2H3. The molecule has 22 heavy (non-hydrogen) atoms. The van der Waals surface area contributed by atoms with E-state index >= 15 is 0 Å². The van der Waals surface area contributed by atoms with Crippen molar-refractivity contribution in [3.63, 3.8) is 0 Å². The summed E-state index contributed by atoms with van der Waals surface area (Å²) in [5, 5.41) is 0.219. The first-order valence-electron chi connectivity index (χ1n) is 6.96. The van der Waals surface area contributed by atoms with Crippen LogP contribution in [-0.2, 0) is 0 Å². The molecule has 8 heteroatoms. The van der Waals surface area contributed by atoms with Gasteiger partial charge < -0.3 is 4.90 Å². The number of pyridine rings is 1. The summed E-state index contributed by atoms with van der Waals surface area (Å²) in [6.45, 7) is 4.26. The fourth-order valence-corrected chi connectivity index (χ4v) is 4.34. The van der Waals surface area contributed by atoms with Crippen LogP contribution in [0.15, 0.2) is 18.6 Å². The summed E-state index contributed by atoms with van der Waals surface area (Å²) in [5.41, 5.74) is 1.24. The molecule has 0 bridgehead atoms. The van der Waals surface area contributed by atoms with E-state index in [1.807, 2.05) is 11.8 Å². The first-order chi connectivity index (χ1) is 10.3. The molecule has 1 unspecified atom stereocenters. The van der Waals surface area contributed by atoms with E-state index < -0.39 is 10.6 Å². The van der Waals surface area contributed by atoms with Crippen LogP contribution >= 0.6 is 22.2 Å². The lowest BCUT2D eigenvalue weighted by atomic mass is 10.1. The minimum Gasteiger partial charge on any atom is -0.354 e. The zero-order valence-electron chi connectivity index (χ0n) is 12.4. The monoisotopic (exact) mass is 343 g/mol. The molecule has 0 spiro atoms. The third-order valence-corrected chi connectivity index (χ3v) is 6.61. The Labute approximate surface area is 135 Å². The Balaban J connectivity index is 2.14.